The summed E-state index contributed by atoms with van der Waals surface area (Å²) in [4.78, 5) is 16.7. The maximum atomic E-state index is 13.8. The van der Waals surface area contributed by atoms with Crippen LogP contribution < -0.4 is 5.32 Å². The summed E-state index contributed by atoms with van der Waals surface area (Å²) >= 11 is 9.86. The number of hydrogen-bond donors (Lipinski definition) is 1. The van der Waals surface area contributed by atoms with E-state index >= 15 is 0 Å². The van der Waals surface area contributed by atoms with Crippen LogP contribution in [-0.2, 0) is 5.75 Å². The lowest BCUT2D eigenvalue weighted by Gasteiger charge is -2.03. The highest BCUT2D eigenvalue weighted by Crippen LogP contribution is 2.32. The highest BCUT2D eigenvalue weighted by Gasteiger charge is 2.15. The maximum Gasteiger partial charge on any atom is 0.286 e. The van der Waals surface area contributed by atoms with Crippen molar-refractivity contribution in [2.24, 2.45) is 0 Å². The maximum absolute atomic E-state index is 13.8. The third kappa shape index (κ3) is 4.11. The average Bonchev–Trinajstić information content (AvgIpc) is 3.28. The van der Waals surface area contributed by atoms with Gasteiger partial charge in [0, 0.05) is 16.3 Å². The zero-order valence-corrected chi connectivity index (χ0v) is 16.7. The first-order valence-corrected chi connectivity index (χ1v) is 10.7. The molecule has 0 radical (unpaired) electrons. The van der Waals surface area contributed by atoms with E-state index in [1.165, 1.54) is 40.5 Å². The molecule has 2 aromatic heterocycles. The first-order chi connectivity index (χ1) is 13.1. The quantitative estimate of drug-likeness (QED) is 0.331. The number of carbonyl (C=O) groups is 1. The molecule has 1 N–H and O–H groups in total. The molecule has 0 bridgehead atoms. The number of nitrogens with zero attached hydrogens (tertiary/aromatic N) is 3. The molecule has 0 aliphatic rings. The summed E-state index contributed by atoms with van der Waals surface area (Å²) in [6.45, 7) is 0. The van der Waals surface area contributed by atoms with Gasteiger partial charge in [-0.25, -0.2) is 9.37 Å². The van der Waals surface area contributed by atoms with Crippen LogP contribution in [0.15, 0.2) is 46.8 Å². The Morgan fingerprint density at radius 2 is 2.00 bits per heavy atom. The van der Waals surface area contributed by atoms with Gasteiger partial charge >= 0.3 is 0 Å². The summed E-state index contributed by atoms with van der Waals surface area (Å²) in [5, 5.41) is 11.8. The Morgan fingerprint density at radius 1 is 1.15 bits per heavy atom. The Bertz CT molecular complexity index is 1080. The molecule has 4 rings (SSSR count). The number of thiazole rings is 1. The summed E-state index contributed by atoms with van der Waals surface area (Å²) in [5.41, 5.74) is 1.20. The SMILES string of the molecule is O=C(Nc1nnc(SCc2c(F)cccc2Cl)s1)c1nc2ccccc2s1. The molecule has 0 fully saturated rings. The standard InChI is InChI=1S/C17H10ClFN4OS3/c18-10-4-3-5-11(19)9(10)8-25-17-23-22-16(27-17)21-14(24)15-20-12-6-1-2-7-13(12)26-15/h1-7H,8H2,(H,21,22,24). The number of benzene rings is 2. The van der Waals surface area contributed by atoms with Gasteiger partial charge in [-0.1, -0.05) is 52.9 Å². The average molecular weight is 437 g/mol. The molecule has 5 nitrogen and oxygen atoms in total. The molecule has 136 valence electrons. The van der Waals surface area contributed by atoms with Crippen molar-refractivity contribution in [3.05, 3.63) is 63.9 Å². The van der Waals surface area contributed by atoms with Crippen molar-refractivity contribution in [2.75, 3.05) is 5.32 Å². The molecule has 0 aliphatic carbocycles. The smallest absolute Gasteiger partial charge is 0.286 e. The van der Waals surface area contributed by atoms with Gasteiger partial charge in [0.2, 0.25) is 5.13 Å². The normalized spacial score (nSPS) is 11.0. The molecule has 2 heterocycles. The Labute approximate surface area is 170 Å². The number of halogens is 2. The summed E-state index contributed by atoms with van der Waals surface area (Å²) in [7, 11) is 0. The van der Waals surface area contributed by atoms with E-state index in [2.05, 4.69) is 20.5 Å². The molecular formula is C17H10ClFN4OS3. The molecule has 0 aliphatic heterocycles. The minimum absolute atomic E-state index is 0.325. The van der Waals surface area contributed by atoms with Gasteiger partial charge in [-0.15, -0.1) is 21.5 Å². The van der Waals surface area contributed by atoms with Crippen molar-refractivity contribution in [3.8, 4) is 0 Å². The highest BCUT2D eigenvalue weighted by molar-refractivity contribution is 8.00. The number of aromatic nitrogens is 3. The Hall–Kier alpha value is -2.07. The van der Waals surface area contributed by atoms with Crippen molar-refractivity contribution in [2.45, 2.75) is 10.1 Å². The van der Waals surface area contributed by atoms with Gasteiger partial charge in [0.05, 0.1) is 10.2 Å². The number of amides is 1. The molecule has 27 heavy (non-hydrogen) atoms. The van der Waals surface area contributed by atoms with Gasteiger partial charge < -0.3 is 0 Å². The van der Waals surface area contributed by atoms with Crippen molar-refractivity contribution in [1.82, 2.24) is 15.2 Å². The van der Waals surface area contributed by atoms with Crippen LogP contribution in [0, 0.1) is 5.82 Å². The highest BCUT2D eigenvalue weighted by atomic mass is 35.5. The molecular weight excluding hydrogens is 427 g/mol. The van der Waals surface area contributed by atoms with Crippen LogP contribution in [0.1, 0.15) is 15.4 Å². The summed E-state index contributed by atoms with van der Waals surface area (Å²) in [6, 6.07) is 12.1. The Kier molecular flexibility index (Phi) is 5.35. The van der Waals surface area contributed by atoms with Crippen LogP contribution in [0.4, 0.5) is 9.52 Å². The van der Waals surface area contributed by atoms with E-state index < -0.39 is 0 Å². The summed E-state index contributed by atoms with van der Waals surface area (Å²) < 4.78 is 15.4. The molecule has 0 saturated heterocycles. The van der Waals surface area contributed by atoms with Crippen LogP contribution in [0.5, 0.6) is 0 Å². The Balaban J connectivity index is 1.42. The molecule has 1 amide bonds. The number of nitrogens with one attached hydrogen (secondary N) is 1. The largest absolute Gasteiger partial charge is 0.294 e. The van der Waals surface area contributed by atoms with Crippen LogP contribution in [-0.4, -0.2) is 21.1 Å². The third-order valence-electron chi connectivity index (χ3n) is 3.52. The van der Waals surface area contributed by atoms with Gasteiger partial charge in [-0.2, -0.15) is 0 Å². The monoisotopic (exact) mass is 436 g/mol. The van der Waals surface area contributed by atoms with Gasteiger partial charge in [0.25, 0.3) is 5.91 Å². The van der Waals surface area contributed by atoms with Crippen LogP contribution in [0.2, 0.25) is 5.02 Å². The number of carbonyl (C=O) groups excluding carboxylic acids is 1. The second kappa shape index (κ2) is 7.89. The number of para-hydroxylation sites is 1. The fourth-order valence-electron chi connectivity index (χ4n) is 2.24. The number of hydrogen-bond acceptors (Lipinski definition) is 7. The van der Waals surface area contributed by atoms with Crippen molar-refractivity contribution in [3.63, 3.8) is 0 Å². The van der Waals surface area contributed by atoms with E-state index in [-0.39, 0.29) is 11.7 Å². The van der Waals surface area contributed by atoms with Crippen LogP contribution >= 0.6 is 46.0 Å². The number of rotatable bonds is 5. The van der Waals surface area contributed by atoms with Gasteiger partial charge in [-0.3, -0.25) is 10.1 Å². The lowest BCUT2D eigenvalue weighted by molar-refractivity contribution is 0.102. The van der Waals surface area contributed by atoms with Crippen molar-refractivity contribution >= 4 is 67.3 Å². The lowest BCUT2D eigenvalue weighted by Crippen LogP contribution is -2.11. The third-order valence-corrected chi connectivity index (χ3v) is 6.90. The fraction of sp³-hybridized carbons (Fsp3) is 0.0588. The molecule has 0 saturated carbocycles. The van der Waals surface area contributed by atoms with Crippen molar-refractivity contribution in [1.29, 1.82) is 0 Å². The topological polar surface area (TPSA) is 67.8 Å². The molecule has 4 aromatic rings. The fourth-order valence-corrected chi connectivity index (χ4v) is 5.19. The van der Waals surface area contributed by atoms with Gasteiger partial charge in [0.1, 0.15) is 5.82 Å². The van der Waals surface area contributed by atoms with E-state index in [0.717, 1.165) is 10.2 Å². The second-order valence-corrected chi connectivity index (χ2v) is 8.94. The minimum Gasteiger partial charge on any atom is -0.294 e. The first kappa shape index (κ1) is 18.3. The molecule has 0 unspecified atom stereocenters. The lowest BCUT2D eigenvalue weighted by atomic mass is 10.2. The van der Waals surface area contributed by atoms with E-state index in [1.807, 2.05) is 24.3 Å². The molecule has 0 spiro atoms. The minimum atomic E-state index is -0.358. The zero-order valence-electron chi connectivity index (χ0n) is 13.5. The van der Waals surface area contributed by atoms with Crippen LogP contribution in [0.3, 0.4) is 0 Å². The van der Waals surface area contributed by atoms with E-state index in [1.54, 1.807) is 12.1 Å². The number of fused-ring (bicyclic) bond motifs is 1. The predicted octanol–water partition coefficient (Wildman–Crippen LogP) is 5.48. The Morgan fingerprint density at radius 3 is 2.81 bits per heavy atom. The van der Waals surface area contributed by atoms with Gasteiger partial charge in [0.15, 0.2) is 9.35 Å². The van der Waals surface area contributed by atoms with Gasteiger partial charge in [-0.05, 0) is 24.3 Å². The van der Waals surface area contributed by atoms with E-state index in [0.29, 0.717) is 30.8 Å². The molecule has 10 heteroatoms. The van der Waals surface area contributed by atoms with E-state index in [9.17, 15) is 9.18 Å². The van der Waals surface area contributed by atoms with Crippen molar-refractivity contribution < 1.29 is 9.18 Å². The number of thioether (sulfide) groups is 1. The second-order valence-electron chi connectivity index (χ2n) is 5.30. The van der Waals surface area contributed by atoms with Crippen LogP contribution in [0.25, 0.3) is 10.2 Å². The summed E-state index contributed by atoms with van der Waals surface area (Å²) in [6.07, 6.45) is 0. The molecule has 2 aromatic carbocycles. The number of anilines is 1. The molecule has 0 atom stereocenters. The zero-order chi connectivity index (χ0) is 18.8. The van der Waals surface area contributed by atoms with E-state index in [4.69, 9.17) is 11.6 Å². The first-order valence-electron chi connectivity index (χ1n) is 7.66. The summed E-state index contributed by atoms with van der Waals surface area (Å²) in [5.74, 6) is -0.365. The predicted molar refractivity (Wildman–Crippen MR) is 108 cm³/mol.